The van der Waals surface area contributed by atoms with Crippen molar-refractivity contribution in [3.8, 4) is 0 Å². The first-order valence-corrected chi connectivity index (χ1v) is 10.5. The van der Waals surface area contributed by atoms with E-state index in [0.29, 0.717) is 12.2 Å². The normalized spacial score (nSPS) is 24.5. The second-order valence-corrected chi connectivity index (χ2v) is 8.60. The molecule has 0 N–H and O–H groups in total. The molecule has 1 aromatic rings. The number of hydrogen-bond acceptors (Lipinski definition) is 2. The minimum atomic E-state index is -0.484. The molecule has 132 valence electrons. The molecule has 1 aromatic carbocycles. The molecule has 0 radical (unpaired) electrons. The van der Waals surface area contributed by atoms with Crippen molar-refractivity contribution in [1.82, 2.24) is 0 Å². The second kappa shape index (κ2) is 10.3. The first-order valence-electron chi connectivity index (χ1n) is 9.28. The van der Waals surface area contributed by atoms with Crippen LogP contribution in [0.2, 0.25) is 5.02 Å². The molecular formula is C21H29ClOS. The van der Waals surface area contributed by atoms with Gasteiger partial charge in [0.05, 0.1) is 4.75 Å². The molecule has 0 saturated heterocycles. The summed E-state index contributed by atoms with van der Waals surface area (Å²) in [6, 6.07) is 7.80. The molecule has 0 heterocycles. The van der Waals surface area contributed by atoms with Crippen LogP contribution in [0.1, 0.15) is 70.6 Å². The predicted molar refractivity (Wildman–Crippen MR) is 106 cm³/mol. The zero-order chi connectivity index (χ0) is 17.3. The van der Waals surface area contributed by atoms with E-state index in [0.717, 1.165) is 29.2 Å². The summed E-state index contributed by atoms with van der Waals surface area (Å²) in [6.07, 6.45) is 14.5. The van der Waals surface area contributed by atoms with Gasteiger partial charge in [-0.3, -0.25) is 4.79 Å². The maximum Gasteiger partial charge on any atom is 0.153 e. The van der Waals surface area contributed by atoms with E-state index in [-0.39, 0.29) is 0 Å². The number of thioether (sulfide) groups is 1. The standard InChI is InChI=1S/C21H29ClOS/c1-2-21(24-19-15-13-18(22)14-16-19)17-11-9-7-5-3-4-6-8-10-12-20(21)23/h2,13-16H,1,3-12,17H2. The summed E-state index contributed by atoms with van der Waals surface area (Å²) in [4.78, 5) is 14.1. The van der Waals surface area contributed by atoms with E-state index in [1.165, 1.54) is 44.9 Å². The molecule has 1 aliphatic rings. The number of carbonyl (C=O) groups excluding carboxylic acids is 1. The van der Waals surface area contributed by atoms with Gasteiger partial charge in [0.25, 0.3) is 0 Å². The first kappa shape index (κ1) is 19.6. The SMILES string of the molecule is C=CC1(Sc2ccc(Cl)cc2)CCCCCCCCCCCC1=O. The van der Waals surface area contributed by atoms with Gasteiger partial charge in [-0.15, -0.1) is 18.3 Å². The molecule has 1 aliphatic carbocycles. The summed E-state index contributed by atoms with van der Waals surface area (Å²) >= 11 is 7.65. The molecule has 3 heteroatoms. The quantitative estimate of drug-likeness (QED) is 0.526. The van der Waals surface area contributed by atoms with E-state index < -0.39 is 4.75 Å². The lowest BCUT2D eigenvalue weighted by molar-refractivity contribution is -0.120. The highest BCUT2D eigenvalue weighted by atomic mass is 35.5. The Morgan fingerprint density at radius 1 is 0.917 bits per heavy atom. The van der Waals surface area contributed by atoms with E-state index in [9.17, 15) is 4.79 Å². The molecule has 1 unspecified atom stereocenters. The predicted octanol–water partition coefficient (Wildman–Crippen LogP) is 7.23. The van der Waals surface area contributed by atoms with Crippen LogP contribution in [-0.4, -0.2) is 10.5 Å². The van der Waals surface area contributed by atoms with Gasteiger partial charge in [-0.2, -0.15) is 0 Å². The van der Waals surface area contributed by atoms with Gasteiger partial charge in [0, 0.05) is 16.3 Å². The van der Waals surface area contributed by atoms with Crippen molar-refractivity contribution in [2.45, 2.75) is 80.3 Å². The first-order chi connectivity index (χ1) is 11.7. The van der Waals surface area contributed by atoms with Gasteiger partial charge in [0.15, 0.2) is 5.78 Å². The molecule has 1 fully saturated rings. The smallest absolute Gasteiger partial charge is 0.153 e. The Morgan fingerprint density at radius 3 is 2.04 bits per heavy atom. The van der Waals surface area contributed by atoms with Crippen LogP contribution in [0.25, 0.3) is 0 Å². The van der Waals surface area contributed by atoms with Crippen molar-refractivity contribution in [3.63, 3.8) is 0 Å². The van der Waals surface area contributed by atoms with Gasteiger partial charge in [-0.1, -0.05) is 69.0 Å². The summed E-state index contributed by atoms with van der Waals surface area (Å²) in [7, 11) is 0. The molecule has 1 atom stereocenters. The largest absolute Gasteiger partial charge is 0.298 e. The Hall–Kier alpha value is -0.730. The van der Waals surface area contributed by atoms with E-state index in [4.69, 9.17) is 11.6 Å². The third-order valence-electron chi connectivity index (χ3n) is 4.87. The monoisotopic (exact) mass is 364 g/mol. The fourth-order valence-electron chi connectivity index (χ4n) is 3.34. The Bertz CT molecular complexity index is 525. The lowest BCUT2D eigenvalue weighted by atomic mass is 9.92. The third kappa shape index (κ3) is 5.97. The molecule has 0 bridgehead atoms. The van der Waals surface area contributed by atoms with Crippen LogP contribution in [0.3, 0.4) is 0 Å². The van der Waals surface area contributed by atoms with Crippen molar-refractivity contribution >= 4 is 29.1 Å². The number of hydrogen-bond donors (Lipinski definition) is 0. The zero-order valence-corrected chi connectivity index (χ0v) is 16.1. The van der Waals surface area contributed by atoms with Gasteiger partial charge in [-0.25, -0.2) is 0 Å². The van der Waals surface area contributed by atoms with Crippen LogP contribution in [0.15, 0.2) is 41.8 Å². The molecule has 0 aliphatic heterocycles. The van der Waals surface area contributed by atoms with Gasteiger partial charge in [-0.05, 0) is 37.1 Å². The minimum Gasteiger partial charge on any atom is -0.298 e. The fourth-order valence-corrected chi connectivity index (χ4v) is 4.70. The van der Waals surface area contributed by atoms with E-state index in [2.05, 4.69) is 6.58 Å². The summed E-state index contributed by atoms with van der Waals surface area (Å²) < 4.78 is -0.484. The van der Waals surface area contributed by atoms with Gasteiger partial charge in [0.1, 0.15) is 0 Å². The van der Waals surface area contributed by atoms with Gasteiger partial charge >= 0.3 is 0 Å². The van der Waals surface area contributed by atoms with Gasteiger partial charge in [0.2, 0.25) is 0 Å². The Kier molecular flexibility index (Phi) is 8.41. The number of ketones is 1. The lowest BCUT2D eigenvalue weighted by Crippen LogP contribution is -2.33. The average molecular weight is 365 g/mol. The molecular weight excluding hydrogens is 336 g/mol. The van der Waals surface area contributed by atoms with Crippen LogP contribution in [-0.2, 0) is 4.79 Å². The minimum absolute atomic E-state index is 0.344. The molecule has 1 nitrogen and oxygen atoms in total. The van der Waals surface area contributed by atoms with Crippen LogP contribution >= 0.6 is 23.4 Å². The summed E-state index contributed by atoms with van der Waals surface area (Å²) in [5.41, 5.74) is 0. The highest BCUT2D eigenvalue weighted by Crippen LogP contribution is 2.40. The molecule has 24 heavy (non-hydrogen) atoms. The van der Waals surface area contributed by atoms with E-state index >= 15 is 0 Å². The van der Waals surface area contributed by atoms with Crippen LogP contribution < -0.4 is 0 Å². The maximum atomic E-state index is 13.0. The van der Waals surface area contributed by atoms with Gasteiger partial charge < -0.3 is 0 Å². The molecule has 0 aromatic heterocycles. The van der Waals surface area contributed by atoms with Crippen molar-refractivity contribution in [2.24, 2.45) is 0 Å². The van der Waals surface area contributed by atoms with Crippen molar-refractivity contribution in [1.29, 1.82) is 0 Å². The lowest BCUT2D eigenvalue weighted by Gasteiger charge is -2.29. The molecule has 2 rings (SSSR count). The van der Waals surface area contributed by atoms with Crippen molar-refractivity contribution in [3.05, 3.63) is 41.9 Å². The Morgan fingerprint density at radius 2 is 1.46 bits per heavy atom. The number of carbonyl (C=O) groups is 1. The van der Waals surface area contributed by atoms with Crippen molar-refractivity contribution in [2.75, 3.05) is 0 Å². The van der Waals surface area contributed by atoms with E-state index in [1.807, 2.05) is 30.3 Å². The zero-order valence-electron chi connectivity index (χ0n) is 14.6. The topological polar surface area (TPSA) is 17.1 Å². The van der Waals surface area contributed by atoms with Crippen LogP contribution in [0, 0.1) is 0 Å². The maximum absolute atomic E-state index is 13.0. The third-order valence-corrected chi connectivity index (χ3v) is 6.59. The summed E-state index contributed by atoms with van der Waals surface area (Å²) in [6.45, 7) is 4.04. The number of benzene rings is 1. The summed E-state index contributed by atoms with van der Waals surface area (Å²) in [5.74, 6) is 0.344. The Balaban J connectivity index is 2.13. The summed E-state index contributed by atoms with van der Waals surface area (Å²) in [5, 5.41) is 0.730. The van der Waals surface area contributed by atoms with Crippen LogP contribution in [0.4, 0.5) is 0 Å². The molecule has 0 amide bonds. The van der Waals surface area contributed by atoms with Crippen molar-refractivity contribution < 1.29 is 4.79 Å². The highest BCUT2D eigenvalue weighted by Gasteiger charge is 2.35. The average Bonchev–Trinajstić information content (AvgIpc) is 2.61. The molecule has 1 saturated carbocycles. The number of halogens is 1. The molecule has 0 spiro atoms. The Labute approximate surface area is 156 Å². The highest BCUT2D eigenvalue weighted by molar-refractivity contribution is 8.01. The van der Waals surface area contributed by atoms with E-state index in [1.54, 1.807) is 11.8 Å². The fraction of sp³-hybridized carbons (Fsp3) is 0.571. The second-order valence-electron chi connectivity index (χ2n) is 6.75. The number of rotatable bonds is 3. The number of Topliss-reactive ketones (excluding diaryl/α,β-unsaturated/α-hetero) is 1. The van der Waals surface area contributed by atoms with Crippen LogP contribution in [0.5, 0.6) is 0 Å².